The molecule has 4 rings (SSSR count). The molecular formula is C16H13N5O2S. The molecule has 3 aromatic heterocycles. The summed E-state index contributed by atoms with van der Waals surface area (Å²) in [5.74, 6) is 0. The normalized spacial score (nSPS) is 11.9. The van der Waals surface area contributed by atoms with Crippen molar-refractivity contribution < 1.29 is 8.42 Å². The van der Waals surface area contributed by atoms with Gasteiger partial charge in [0.05, 0.1) is 11.7 Å². The molecule has 0 aliphatic rings. The molecule has 0 fully saturated rings. The van der Waals surface area contributed by atoms with Gasteiger partial charge in [0.2, 0.25) is 0 Å². The zero-order valence-corrected chi connectivity index (χ0v) is 13.5. The largest absolute Gasteiger partial charge is 0.274 e. The van der Waals surface area contributed by atoms with Crippen molar-refractivity contribution in [3.05, 3.63) is 60.7 Å². The Morgan fingerprint density at radius 1 is 1.12 bits per heavy atom. The lowest BCUT2D eigenvalue weighted by Crippen LogP contribution is -2.14. The Balaban J connectivity index is 1.87. The van der Waals surface area contributed by atoms with E-state index in [-0.39, 0.29) is 4.90 Å². The molecule has 4 aromatic rings. The summed E-state index contributed by atoms with van der Waals surface area (Å²) in [5.41, 5.74) is 2.03. The predicted octanol–water partition coefficient (Wildman–Crippen LogP) is 2.39. The van der Waals surface area contributed by atoms with Gasteiger partial charge in [-0.05, 0) is 36.8 Å². The Hall–Kier alpha value is -3.00. The maximum atomic E-state index is 12.9. The molecule has 24 heavy (non-hydrogen) atoms. The van der Waals surface area contributed by atoms with Crippen molar-refractivity contribution >= 4 is 32.3 Å². The summed E-state index contributed by atoms with van der Waals surface area (Å²) in [4.78, 5) is 8.51. The second-order valence-corrected chi connectivity index (χ2v) is 7.04. The average Bonchev–Trinajstić information content (AvgIpc) is 2.96. The number of hydrogen-bond acceptors (Lipinski definition) is 5. The van der Waals surface area contributed by atoms with E-state index < -0.39 is 10.0 Å². The summed E-state index contributed by atoms with van der Waals surface area (Å²) >= 11 is 0. The first kappa shape index (κ1) is 14.6. The molecule has 3 heterocycles. The Labute approximate surface area is 138 Å². The van der Waals surface area contributed by atoms with Gasteiger partial charge < -0.3 is 0 Å². The molecule has 0 saturated carbocycles. The van der Waals surface area contributed by atoms with E-state index >= 15 is 0 Å². The zero-order chi connectivity index (χ0) is 16.7. The number of fused-ring (bicyclic) bond motifs is 2. The number of pyridine rings is 1. The first-order chi connectivity index (χ1) is 11.5. The first-order valence-corrected chi connectivity index (χ1v) is 8.69. The van der Waals surface area contributed by atoms with Crippen molar-refractivity contribution in [1.82, 2.24) is 19.6 Å². The second kappa shape index (κ2) is 5.27. The van der Waals surface area contributed by atoms with Crippen LogP contribution in [0.15, 0.2) is 60.0 Å². The van der Waals surface area contributed by atoms with Gasteiger partial charge in [0, 0.05) is 24.0 Å². The van der Waals surface area contributed by atoms with Crippen LogP contribution in [0.3, 0.4) is 0 Å². The van der Waals surface area contributed by atoms with E-state index in [1.807, 2.05) is 19.1 Å². The highest BCUT2D eigenvalue weighted by molar-refractivity contribution is 7.93. The molecule has 120 valence electrons. The number of sulfonamides is 1. The quantitative estimate of drug-likeness (QED) is 0.619. The van der Waals surface area contributed by atoms with Gasteiger partial charge in [0.15, 0.2) is 5.65 Å². The van der Waals surface area contributed by atoms with Crippen LogP contribution in [0.25, 0.3) is 16.6 Å². The third-order valence-corrected chi connectivity index (χ3v) is 5.01. The first-order valence-electron chi connectivity index (χ1n) is 7.21. The van der Waals surface area contributed by atoms with Crippen LogP contribution in [0.2, 0.25) is 0 Å². The van der Waals surface area contributed by atoms with Gasteiger partial charge in [-0.25, -0.2) is 17.9 Å². The fraction of sp³-hybridized carbons (Fsp3) is 0.0625. The van der Waals surface area contributed by atoms with Crippen LogP contribution >= 0.6 is 0 Å². The van der Waals surface area contributed by atoms with Crippen LogP contribution in [-0.4, -0.2) is 28.0 Å². The van der Waals surface area contributed by atoms with Crippen molar-refractivity contribution in [1.29, 1.82) is 0 Å². The van der Waals surface area contributed by atoms with Crippen molar-refractivity contribution in [2.75, 3.05) is 4.72 Å². The standard InChI is InChI=1S/C16H13N5O2S/c1-11-8-12-4-2-5-17-15(12)14(9-11)24(22,23)20-13-10-19-21-7-3-6-18-16(13)21/h2-10,20H,1H3. The summed E-state index contributed by atoms with van der Waals surface area (Å²) in [6.45, 7) is 1.85. The molecule has 0 aliphatic carbocycles. The van der Waals surface area contributed by atoms with E-state index in [1.54, 1.807) is 36.8 Å². The molecule has 0 radical (unpaired) electrons. The van der Waals surface area contributed by atoms with Gasteiger partial charge in [-0.2, -0.15) is 5.10 Å². The van der Waals surface area contributed by atoms with Crippen LogP contribution in [0.4, 0.5) is 5.69 Å². The number of aryl methyl sites for hydroxylation is 1. The minimum atomic E-state index is -3.83. The van der Waals surface area contributed by atoms with Gasteiger partial charge >= 0.3 is 0 Å². The monoisotopic (exact) mass is 339 g/mol. The average molecular weight is 339 g/mol. The molecule has 0 bridgehead atoms. The summed E-state index contributed by atoms with van der Waals surface area (Å²) in [6, 6.07) is 8.84. The van der Waals surface area contributed by atoms with Crippen molar-refractivity contribution in [2.24, 2.45) is 0 Å². The molecule has 1 N–H and O–H groups in total. The molecule has 7 nitrogen and oxygen atoms in total. The van der Waals surface area contributed by atoms with Crippen molar-refractivity contribution in [2.45, 2.75) is 11.8 Å². The van der Waals surface area contributed by atoms with Crippen LogP contribution in [0, 0.1) is 6.92 Å². The number of anilines is 1. The minimum Gasteiger partial charge on any atom is -0.274 e. The molecule has 0 aliphatic heterocycles. The fourth-order valence-corrected chi connectivity index (χ4v) is 3.92. The Kier molecular flexibility index (Phi) is 3.20. The zero-order valence-electron chi connectivity index (χ0n) is 12.7. The lowest BCUT2D eigenvalue weighted by atomic mass is 10.1. The number of nitrogens with one attached hydrogen (secondary N) is 1. The van der Waals surface area contributed by atoms with E-state index in [0.29, 0.717) is 16.9 Å². The van der Waals surface area contributed by atoms with E-state index in [1.165, 1.54) is 10.7 Å². The highest BCUT2D eigenvalue weighted by Gasteiger charge is 2.21. The smallest absolute Gasteiger partial charge is 0.264 e. The second-order valence-electron chi connectivity index (χ2n) is 5.39. The van der Waals surface area contributed by atoms with E-state index in [4.69, 9.17) is 0 Å². The maximum absolute atomic E-state index is 12.9. The Morgan fingerprint density at radius 2 is 1.96 bits per heavy atom. The Bertz CT molecular complexity index is 1170. The summed E-state index contributed by atoms with van der Waals surface area (Å²) in [7, 11) is -3.83. The highest BCUT2D eigenvalue weighted by atomic mass is 32.2. The van der Waals surface area contributed by atoms with Crippen LogP contribution in [-0.2, 0) is 10.0 Å². The van der Waals surface area contributed by atoms with Crippen LogP contribution in [0.5, 0.6) is 0 Å². The van der Waals surface area contributed by atoms with Crippen molar-refractivity contribution in [3.63, 3.8) is 0 Å². The number of benzene rings is 1. The van der Waals surface area contributed by atoms with Gasteiger partial charge in [0.25, 0.3) is 10.0 Å². The molecule has 0 unspecified atom stereocenters. The number of nitrogens with zero attached hydrogens (tertiary/aromatic N) is 4. The van der Waals surface area contributed by atoms with Crippen LogP contribution < -0.4 is 4.72 Å². The van der Waals surface area contributed by atoms with E-state index in [2.05, 4.69) is 19.8 Å². The van der Waals surface area contributed by atoms with Gasteiger partial charge in [-0.1, -0.05) is 6.07 Å². The lowest BCUT2D eigenvalue weighted by Gasteiger charge is -2.10. The van der Waals surface area contributed by atoms with E-state index in [9.17, 15) is 8.42 Å². The number of aromatic nitrogens is 4. The van der Waals surface area contributed by atoms with Gasteiger partial charge in [0.1, 0.15) is 10.6 Å². The third-order valence-electron chi connectivity index (χ3n) is 3.63. The van der Waals surface area contributed by atoms with Gasteiger partial charge in [-0.3, -0.25) is 9.71 Å². The fourth-order valence-electron chi connectivity index (χ4n) is 2.61. The molecule has 0 spiro atoms. The predicted molar refractivity (Wildman–Crippen MR) is 90.3 cm³/mol. The highest BCUT2D eigenvalue weighted by Crippen LogP contribution is 2.26. The summed E-state index contributed by atoms with van der Waals surface area (Å²) in [6.07, 6.45) is 6.29. The molecule has 8 heteroatoms. The minimum absolute atomic E-state index is 0.133. The van der Waals surface area contributed by atoms with E-state index in [0.717, 1.165) is 10.9 Å². The third kappa shape index (κ3) is 2.37. The topological polar surface area (TPSA) is 89.2 Å². The number of rotatable bonds is 3. The summed E-state index contributed by atoms with van der Waals surface area (Å²) in [5, 5.41) is 4.86. The number of hydrogen-bond donors (Lipinski definition) is 1. The summed E-state index contributed by atoms with van der Waals surface area (Å²) < 4.78 is 29.9. The SMILES string of the molecule is Cc1cc(S(=O)(=O)Nc2cnn3cccnc23)c2ncccc2c1. The molecular weight excluding hydrogens is 326 g/mol. The van der Waals surface area contributed by atoms with Crippen LogP contribution in [0.1, 0.15) is 5.56 Å². The Morgan fingerprint density at radius 3 is 2.83 bits per heavy atom. The lowest BCUT2D eigenvalue weighted by molar-refractivity contribution is 0.602. The molecule has 0 amide bonds. The molecule has 1 aromatic carbocycles. The van der Waals surface area contributed by atoms with Gasteiger partial charge in [-0.15, -0.1) is 0 Å². The van der Waals surface area contributed by atoms with Crippen molar-refractivity contribution in [3.8, 4) is 0 Å². The maximum Gasteiger partial charge on any atom is 0.264 e. The molecule has 0 atom stereocenters. The molecule has 0 saturated heterocycles.